The van der Waals surface area contributed by atoms with Gasteiger partial charge in [-0.3, -0.25) is 4.99 Å². The Labute approximate surface area is 163 Å². The third kappa shape index (κ3) is 6.84. The fourth-order valence-electron chi connectivity index (χ4n) is 2.33. The fourth-order valence-corrected chi connectivity index (χ4v) is 2.33. The normalized spacial score (nSPS) is 11.7. The molecule has 0 spiro atoms. The molecular formula is C18H32IN3O2. The summed E-state index contributed by atoms with van der Waals surface area (Å²) >= 11 is 0. The van der Waals surface area contributed by atoms with Gasteiger partial charge in [-0.25, -0.2) is 0 Å². The number of nitrogens with one attached hydrogen (secondary N) is 1. The molecule has 5 nitrogen and oxygen atoms in total. The highest BCUT2D eigenvalue weighted by Gasteiger charge is 2.22. The maximum Gasteiger partial charge on any atom is 0.194 e. The van der Waals surface area contributed by atoms with Crippen molar-refractivity contribution in [2.45, 2.75) is 45.8 Å². The first-order chi connectivity index (χ1) is 11.0. The molecule has 0 radical (unpaired) electrons. The van der Waals surface area contributed by atoms with Gasteiger partial charge in [-0.2, -0.15) is 0 Å². The number of nitrogens with zero attached hydrogens (tertiary/aromatic N) is 2. The third-order valence-corrected chi connectivity index (χ3v) is 4.14. The van der Waals surface area contributed by atoms with Crippen LogP contribution in [-0.2, 0) is 6.54 Å². The van der Waals surface area contributed by atoms with Crippen LogP contribution in [0.5, 0.6) is 5.75 Å². The lowest BCUT2D eigenvalue weighted by atomic mass is 9.98. The predicted octanol–water partition coefficient (Wildman–Crippen LogP) is 3.26. The van der Waals surface area contributed by atoms with E-state index in [0.717, 1.165) is 23.8 Å². The van der Waals surface area contributed by atoms with Crippen LogP contribution in [0, 0.1) is 0 Å². The van der Waals surface area contributed by atoms with Crippen molar-refractivity contribution in [2.24, 2.45) is 4.99 Å². The molecule has 138 valence electrons. The van der Waals surface area contributed by atoms with E-state index in [2.05, 4.69) is 10.3 Å². The molecule has 0 heterocycles. The second-order valence-corrected chi connectivity index (χ2v) is 5.77. The number of methoxy groups -OCH3 is 1. The van der Waals surface area contributed by atoms with Crippen molar-refractivity contribution in [2.75, 3.05) is 27.2 Å². The van der Waals surface area contributed by atoms with Gasteiger partial charge >= 0.3 is 0 Å². The molecule has 1 rings (SSSR count). The topological polar surface area (TPSA) is 57.1 Å². The Morgan fingerprint density at radius 1 is 1.25 bits per heavy atom. The highest BCUT2D eigenvalue weighted by molar-refractivity contribution is 14.0. The summed E-state index contributed by atoms with van der Waals surface area (Å²) in [7, 11) is 3.67. The molecular weight excluding hydrogens is 417 g/mol. The molecule has 0 saturated carbocycles. The minimum absolute atomic E-state index is 0. The number of halogens is 1. The number of rotatable bonds is 8. The van der Waals surface area contributed by atoms with Crippen molar-refractivity contribution in [1.82, 2.24) is 10.2 Å². The molecule has 0 saturated heterocycles. The van der Waals surface area contributed by atoms with Crippen LogP contribution >= 0.6 is 24.0 Å². The molecule has 0 aliphatic rings. The standard InChI is InChI=1S/C18H31N3O2.HI/c1-6-18(22,7-2)14-20-17(19-8-3)21(4)13-15-11-9-10-12-16(15)23-5;/h9-12,22H,6-8,13-14H2,1-5H3,(H,19,20);1H. The van der Waals surface area contributed by atoms with Gasteiger partial charge in [0.1, 0.15) is 5.75 Å². The van der Waals surface area contributed by atoms with Crippen LogP contribution in [-0.4, -0.2) is 48.8 Å². The first-order valence-corrected chi connectivity index (χ1v) is 8.33. The van der Waals surface area contributed by atoms with E-state index in [1.54, 1.807) is 7.11 Å². The van der Waals surface area contributed by atoms with Crippen LogP contribution in [0.4, 0.5) is 0 Å². The van der Waals surface area contributed by atoms with Crippen molar-refractivity contribution < 1.29 is 9.84 Å². The lowest BCUT2D eigenvalue weighted by Crippen LogP contribution is -2.40. The molecule has 0 amide bonds. The largest absolute Gasteiger partial charge is 0.496 e. The van der Waals surface area contributed by atoms with E-state index in [4.69, 9.17) is 4.74 Å². The molecule has 2 N–H and O–H groups in total. The molecule has 0 unspecified atom stereocenters. The van der Waals surface area contributed by atoms with Crippen LogP contribution < -0.4 is 10.1 Å². The Kier molecular flexibility index (Phi) is 11.0. The Bertz CT molecular complexity index is 505. The maximum absolute atomic E-state index is 10.4. The van der Waals surface area contributed by atoms with Gasteiger partial charge in [-0.1, -0.05) is 32.0 Å². The first kappa shape index (κ1) is 23.0. The molecule has 0 atom stereocenters. The average Bonchev–Trinajstić information content (AvgIpc) is 2.58. The van der Waals surface area contributed by atoms with E-state index in [1.807, 2.05) is 57.0 Å². The van der Waals surface area contributed by atoms with Gasteiger partial charge in [0.2, 0.25) is 0 Å². The van der Waals surface area contributed by atoms with Crippen molar-refractivity contribution in [3.8, 4) is 5.75 Å². The number of aliphatic imine (C=N–C) groups is 1. The molecule has 24 heavy (non-hydrogen) atoms. The number of hydrogen-bond acceptors (Lipinski definition) is 3. The molecule has 1 aromatic carbocycles. The number of hydrogen-bond donors (Lipinski definition) is 2. The molecule has 0 aliphatic carbocycles. The zero-order valence-corrected chi connectivity index (χ0v) is 17.8. The molecule has 0 aromatic heterocycles. The van der Waals surface area contributed by atoms with Gasteiger partial charge in [-0.05, 0) is 25.8 Å². The van der Waals surface area contributed by atoms with Crippen LogP contribution in [0.3, 0.4) is 0 Å². The van der Waals surface area contributed by atoms with Crippen LogP contribution in [0.1, 0.15) is 39.2 Å². The monoisotopic (exact) mass is 449 g/mol. The summed E-state index contributed by atoms with van der Waals surface area (Å²) < 4.78 is 5.41. The predicted molar refractivity (Wildman–Crippen MR) is 111 cm³/mol. The van der Waals surface area contributed by atoms with Gasteiger partial charge in [0.25, 0.3) is 0 Å². The minimum atomic E-state index is -0.730. The molecule has 6 heteroatoms. The van der Waals surface area contributed by atoms with Crippen molar-refractivity contribution in [3.63, 3.8) is 0 Å². The smallest absolute Gasteiger partial charge is 0.194 e. The van der Waals surface area contributed by atoms with Crippen LogP contribution in [0.2, 0.25) is 0 Å². The quantitative estimate of drug-likeness (QED) is 0.364. The second-order valence-electron chi connectivity index (χ2n) is 5.77. The Morgan fingerprint density at radius 2 is 1.88 bits per heavy atom. The van der Waals surface area contributed by atoms with Crippen molar-refractivity contribution in [3.05, 3.63) is 29.8 Å². The highest BCUT2D eigenvalue weighted by Crippen LogP contribution is 2.19. The summed E-state index contributed by atoms with van der Waals surface area (Å²) in [6.45, 7) is 7.89. The SMILES string of the molecule is CCNC(=NCC(O)(CC)CC)N(C)Cc1ccccc1OC.I. The van der Waals surface area contributed by atoms with Crippen LogP contribution in [0.15, 0.2) is 29.3 Å². The lowest BCUT2D eigenvalue weighted by molar-refractivity contribution is 0.0416. The summed E-state index contributed by atoms with van der Waals surface area (Å²) in [4.78, 5) is 6.67. The Hall–Kier alpha value is -1.02. The Balaban J connectivity index is 0.00000529. The van der Waals surface area contributed by atoms with E-state index < -0.39 is 5.60 Å². The van der Waals surface area contributed by atoms with E-state index in [-0.39, 0.29) is 24.0 Å². The highest BCUT2D eigenvalue weighted by atomic mass is 127. The van der Waals surface area contributed by atoms with Gasteiger partial charge < -0.3 is 20.1 Å². The lowest BCUT2D eigenvalue weighted by Gasteiger charge is -2.26. The van der Waals surface area contributed by atoms with Gasteiger partial charge in [0, 0.05) is 25.7 Å². The van der Waals surface area contributed by atoms with Gasteiger partial charge in [0.15, 0.2) is 5.96 Å². The molecule has 0 aliphatic heterocycles. The van der Waals surface area contributed by atoms with Gasteiger partial charge in [0.05, 0.1) is 19.3 Å². The molecule has 0 bridgehead atoms. The van der Waals surface area contributed by atoms with E-state index in [9.17, 15) is 5.11 Å². The third-order valence-electron chi connectivity index (χ3n) is 4.14. The second kappa shape index (κ2) is 11.5. The van der Waals surface area contributed by atoms with Crippen LogP contribution in [0.25, 0.3) is 0 Å². The summed E-state index contributed by atoms with van der Waals surface area (Å²) in [6, 6.07) is 7.97. The van der Waals surface area contributed by atoms with E-state index in [0.29, 0.717) is 25.9 Å². The molecule has 0 fully saturated rings. The first-order valence-electron chi connectivity index (χ1n) is 8.33. The zero-order valence-electron chi connectivity index (χ0n) is 15.5. The van der Waals surface area contributed by atoms with Crippen molar-refractivity contribution in [1.29, 1.82) is 0 Å². The maximum atomic E-state index is 10.4. The van der Waals surface area contributed by atoms with Gasteiger partial charge in [-0.15, -0.1) is 24.0 Å². The van der Waals surface area contributed by atoms with E-state index >= 15 is 0 Å². The summed E-state index contributed by atoms with van der Waals surface area (Å²) in [5.41, 5.74) is 0.371. The number of benzene rings is 1. The summed E-state index contributed by atoms with van der Waals surface area (Å²) in [5, 5.41) is 13.7. The number of para-hydroxylation sites is 1. The summed E-state index contributed by atoms with van der Waals surface area (Å²) in [5.74, 6) is 1.66. The number of ether oxygens (including phenoxy) is 1. The fraction of sp³-hybridized carbons (Fsp3) is 0.611. The number of guanidine groups is 1. The minimum Gasteiger partial charge on any atom is -0.496 e. The number of aliphatic hydroxyl groups is 1. The van der Waals surface area contributed by atoms with E-state index in [1.165, 1.54) is 0 Å². The summed E-state index contributed by atoms with van der Waals surface area (Å²) in [6.07, 6.45) is 1.39. The average molecular weight is 449 g/mol. The van der Waals surface area contributed by atoms with Crippen molar-refractivity contribution >= 4 is 29.9 Å². The molecule has 1 aromatic rings. The Morgan fingerprint density at radius 3 is 2.42 bits per heavy atom. The zero-order chi connectivity index (χ0) is 17.3.